The van der Waals surface area contributed by atoms with E-state index in [1.54, 1.807) is 0 Å². The minimum Gasteiger partial charge on any atom is -0.462 e. The van der Waals surface area contributed by atoms with Crippen molar-refractivity contribution in [2.45, 2.75) is 367 Å². The third-order valence-electron chi connectivity index (χ3n) is 15.4. The molecular formula is C74H132O6. The van der Waals surface area contributed by atoms with E-state index in [0.717, 1.165) is 96.3 Å². The maximum atomic E-state index is 12.9. The molecule has 0 saturated carbocycles. The van der Waals surface area contributed by atoms with Gasteiger partial charge in [0.2, 0.25) is 0 Å². The number of allylic oxidation sites excluding steroid dienone is 12. The maximum Gasteiger partial charge on any atom is 0.306 e. The number of unbranched alkanes of at least 4 members (excludes halogenated alkanes) is 41. The number of ether oxygens (including phenoxy) is 3. The molecule has 80 heavy (non-hydrogen) atoms. The molecular weight excluding hydrogens is 985 g/mol. The minimum absolute atomic E-state index is 0.0891. The summed E-state index contributed by atoms with van der Waals surface area (Å²) in [4.78, 5) is 38.3. The van der Waals surface area contributed by atoms with Gasteiger partial charge in [0.15, 0.2) is 6.10 Å². The smallest absolute Gasteiger partial charge is 0.306 e. The molecule has 0 aromatic rings. The summed E-state index contributed by atoms with van der Waals surface area (Å²) in [5.74, 6) is -0.923. The summed E-state index contributed by atoms with van der Waals surface area (Å²) in [6.07, 6.45) is 89.5. The molecule has 0 aromatic carbocycles. The molecule has 0 N–H and O–H groups in total. The van der Waals surface area contributed by atoms with E-state index >= 15 is 0 Å². The lowest BCUT2D eigenvalue weighted by molar-refractivity contribution is -0.167. The van der Waals surface area contributed by atoms with Crippen LogP contribution in [-0.2, 0) is 28.6 Å². The lowest BCUT2D eigenvalue weighted by Gasteiger charge is -2.18. The zero-order chi connectivity index (χ0) is 57.8. The largest absolute Gasteiger partial charge is 0.462 e. The second-order valence-electron chi connectivity index (χ2n) is 23.4. The van der Waals surface area contributed by atoms with E-state index in [1.807, 2.05) is 0 Å². The van der Waals surface area contributed by atoms with E-state index in [1.165, 1.54) is 225 Å². The number of esters is 3. The topological polar surface area (TPSA) is 78.9 Å². The van der Waals surface area contributed by atoms with Crippen LogP contribution < -0.4 is 0 Å². The van der Waals surface area contributed by atoms with Gasteiger partial charge in [0.1, 0.15) is 13.2 Å². The first kappa shape index (κ1) is 76.9. The summed E-state index contributed by atoms with van der Waals surface area (Å²) >= 11 is 0. The summed E-state index contributed by atoms with van der Waals surface area (Å²) in [7, 11) is 0. The van der Waals surface area contributed by atoms with Gasteiger partial charge in [-0.05, 0) is 109 Å². The predicted octanol–water partition coefficient (Wildman–Crippen LogP) is 24.1. The van der Waals surface area contributed by atoms with Crippen LogP contribution in [-0.4, -0.2) is 37.2 Å². The Hall–Kier alpha value is -3.15. The van der Waals surface area contributed by atoms with Crippen molar-refractivity contribution in [2.75, 3.05) is 13.2 Å². The van der Waals surface area contributed by atoms with Crippen LogP contribution in [0, 0.1) is 0 Å². The Balaban J connectivity index is 4.21. The number of rotatable bonds is 64. The number of carbonyl (C=O) groups is 3. The molecule has 0 aliphatic rings. The van der Waals surface area contributed by atoms with Crippen LogP contribution in [0.2, 0.25) is 0 Å². The molecule has 6 heteroatoms. The molecule has 0 rings (SSSR count). The van der Waals surface area contributed by atoms with E-state index in [0.29, 0.717) is 19.3 Å². The van der Waals surface area contributed by atoms with Crippen molar-refractivity contribution in [1.29, 1.82) is 0 Å². The van der Waals surface area contributed by atoms with Gasteiger partial charge in [-0.3, -0.25) is 14.4 Å². The molecule has 0 heterocycles. The van der Waals surface area contributed by atoms with E-state index in [4.69, 9.17) is 14.2 Å². The molecule has 0 radical (unpaired) electrons. The third kappa shape index (κ3) is 65.7. The van der Waals surface area contributed by atoms with Gasteiger partial charge in [-0.15, -0.1) is 0 Å². The maximum absolute atomic E-state index is 12.9. The van der Waals surface area contributed by atoms with Gasteiger partial charge in [-0.1, -0.05) is 306 Å². The molecule has 1 unspecified atom stereocenters. The van der Waals surface area contributed by atoms with Crippen molar-refractivity contribution < 1.29 is 28.6 Å². The van der Waals surface area contributed by atoms with Gasteiger partial charge in [-0.2, -0.15) is 0 Å². The summed E-state index contributed by atoms with van der Waals surface area (Å²) in [5, 5.41) is 0. The predicted molar refractivity (Wildman–Crippen MR) is 348 cm³/mol. The highest BCUT2D eigenvalue weighted by atomic mass is 16.6. The van der Waals surface area contributed by atoms with E-state index in [2.05, 4.69) is 93.7 Å². The Morgan fingerprint density at radius 2 is 0.487 bits per heavy atom. The molecule has 0 aliphatic heterocycles. The van der Waals surface area contributed by atoms with Crippen LogP contribution >= 0.6 is 0 Å². The summed E-state index contributed by atoms with van der Waals surface area (Å²) in [5.41, 5.74) is 0. The number of hydrogen-bond donors (Lipinski definition) is 0. The van der Waals surface area contributed by atoms with Gasteiger partial charge in [0.05, 0.1) is 0 Å². The quantitative estimate of drug-likeness (QED) is 0.0261. The molecule has 0 aliphatic carbocycles. The van der Waals surface area contributed by atoms with Crippen LogP contribution in [0.15, 0.2) is 72.9 Å². The van der Waals surface area contributed by atoms with Crippen molar-refractivity contribution in [3.8, 4) is 0 Å². The van der Waals surface area contributed by atoms with Crippen LogP contribution in [0.1, 0.15) is 361 Å². The van der Waals surface area contributed by atoms with E-state index in [-0.39, 0.29) is 31.1 Å². The Morgan fingerprint density at radius 3 is 0.800 bits per heavy atom. The highest BCUT2D eigenvalue weighted by molar-refractivity contribution is 5.71. The molecule has 0 aromatic heterocycles. The Kier molecular flexibility index (Phi) is 65.7. The fraction of sp³-hybridized carbons (Fsp3) is 0.797. The zero-order valence-electron chi connectivity index (χ0n) is 53.3. The minimum atomic E-state index is -0.797. The normalized spacial score (nSPS) is 12.5. The van der Waals surface area contributed by atoms with Gasteiger partial charge in [-0.25, -0.2) is 0 Å². The monoisotopic (exact) mass is 1120 g/mol. The Bertz CT molecular complexity index is 1470. The second-order valence-corrected chi connectivity index (χ2v) is 23.4. The van der Waals surface area contributed by atoms with Crippen molar-refractivity contribution in [1.82, 2.24) is 0 Å². The molecule has 464 valence electrons. The lowest BCUT2D eigenvalue weighted by atomic mass is 10.0. The van der Waals surface area contributed by atoms with Gasteiger partial charge < -0.3 is 14.2 Å². The Labute approximate surface area is 497 Å². The van der Waals surface area contributed by atoms with Crippen LogP contribution in [0.4, 0.5) is 0 Å². The van der Waals surface area contributed by atoms with Crippen molar-refractivity contribution in [3.63, 3.8) is 0 Å². The van der Waals surface area contributed by atoms with Crippen LogP contribution in [0.5, 0.6) is 0 Å². The first-order chi connectivity index (χ1) is 39.5. The average molecular weight is 1120 g/mol. The van der Waals surface area contributed by atoms with Gasteiger partial charge >= 0.3 is 17.9 Å². The highest BCUT2D eigenvalue weighted by Crippen LogP contribution is 2.18. The zero-order valence-corrected chi connectivity index (χ0v) is 53.3. The Morgan fingerprint density at radius 1 is 0.263 bits per heavy atom. The van der Waals surface area contributed by atoms with E-state index < -0.39 is 6.10 Å². The highest BCUT2D eigenvalue weighted by Gasteiger charge is 2.19. The standard InChI is InChI=1S/C74H132O6/c1-4-7-10-13-16-19-22-25-28-30-31-32-33-34-35-36-37-38-39-40-41-42-43-44-47-49-52-55-58-61-64-67-73(76)79-70-71(69-78-72(75)66-63-60-57-54-51-48-45-27-24-21-18-15-12-9-6-3)80-74(77)68-65-62-59-56-53-50-46-29-26-23-20-17-14-11-8-5-2/h9,12,18,21,27,29-31,45-46,51,54,71H,4-8,10-11,13-17,19-20,22-26,28,32-44,47-50,52-53,55-70H2,1-3H3/b12-9-,21-18-,31-30-,45-27-,46-29-,54-51-. The summed E-state index contributed by atoms with van der Waals surface area (Å²) in [6, 6.07) is 0. The fourth-order valence-electron chi connectivity index (χ4n) is 10.2. The first-order valence-electron chi connectivity index (χ1n) is 34.9. The number of carbonyl (C=O) groups excluding carboxylic acids is 3. The molecule has 0 bridgehead atoms. The first-order valence-corrected chi connectivity index (χ1v) is 34.9. The molecule has 0 fully saturated rings. The molecule has 6 nitrogen and oxygen atoms in total. The molecule has 0 saturated heterocycles. The van der Waals surface area contributed by atoms with Crippen LogP contribution in [0.3, 0.4) is 0 Å². The van der Waals surface area contributed by atoms with Crippen LogP contribution in [0.25, 0.3) is 0 Å². The molecule has 1 atom stereocenters. The van der Waals surface area contributed by atoms with Crippen molar-refractivity contribution >= 4 is 17.9 Å². The van der Waals surface area contributed by atoms with Crippen molar-refractivity contribution in [2.24, 2.45) is 0 Å². The van der Waals surface area contributed by atoms with Gasteiger partial charge in [0.25, 0.3) is 0 Å². The lowest BCUT2D eigenvalue weighted by Crippen LogP contribution is -2.30. The SMILES string of the molecule is CC/C=C\C/C=C\C/C=C\C/C=C\CCCCC(=O)OCC(COC(=O)CCCCCCCCCCCCCCCCCCCCC/C=C\CCCCCCCCCC)OC(=O)CCCCCCC/C=C\CCCCCCCCC. The third-order valence-corrected chi connectivity index (χ3v) is 15.4. The van der Waals surface area contributed by atoms with E-state index in [9.17, 15) is 14.4 Å². The fourth-order valence-corrected chi connectivity index (χ4v) is 10.2. The van der Waals surface area contributed by atoms with Gasteiger partial charge in [0, 0.05) is 19.3 Å². The second kappa shape index (κ2) is 68.3. The molecule has 0 amide bonds. The summed E-state index contributed by atoms with van der Waals surface area (Å²) < 4.78 is 16.9. The number of hydrogen-bond acceptors (Lipinski definition) is 6. The van der Waals surface area contributed by atoms with Crippen molar-refractivity contribution in [3.05, 3.63) is 72.9 Å². The molecule has 0 spiro atoms. The summed E-state index contributed by atoms with van der Waals surface area (Å²) in [6.45, 7) is 6.53. The average Bonchev–Trinajstić information content (AvgIpc) is 3.46.